The zero-order chi connectivity index (χ0) is 11.1. The summed E-state index contributed by atoms with van der Waals surface area (Å²) >= 11 is 0. The minimum Gasteiger partial charge on any atom is -0.453 e. The molecule has 1 rings (SSSR count). The number of hydrogen-bond donors (Lipinski definition) is 0. The Morgan fingerprint density at radius 1 is 1.60 bits per heavy atom. The molecular formula is C12H21NO2. The molecule has 1 aliphatic carbocycles. The Balaban J connectivity index is 2.30. The summed E-state index contributed by atoms with van der Waals surface area (Å²) in [4.78, 5) is 13.1. The molecule has 1 unspecified atom stereocenters. The minimum atomic E-state index is -0.211. The Labute approximate surface area is 92.1 Å². The molecule has 0 aromatic heterocycles. The highest BCUT2D eigenvalue weighted by atomic mass is 16.5. The van der Waals surface area contributed by atoms with Gasteiger partial charge in [0.05, 0.1) is 7.11 Å². The molecule has 0 aromatic rings. The van der Waals surface area contributed by atoms with Crippen molar-refractivity contribution in [3.05, 3.63) is 12.2 Å². The van der Waals surface area contributed by atoms with Crippen molar-refractivity contribution in [2.45, 2.75) is 32.6 Å². The van der Waals surface area contributed by atoms with Gasteiger partial charge in [0.25, 0.3) is 0 Å². The van der Waals surface area contributed by atoms with Crippen molar-refractivity contribution in [3.63, 3.8) is 0 Å². The molecule has 1 atom stereocenters. The predicted molar refractivity (Wildman–Crippen MR) is 60.8 cm³/mol. The lowest BCUT2D eigenvalue weighted by atomic mass is 9.93. The Morgan fingerprint density at radius 2 is 2.40 bits per heavy atom. The number of amides is 1. The van der Waals surface area contributed by atoms with Crippen LogP contribution in [0.3, 0.4) is 0 Å². The molecule has 15 heavy (non-hydrogen) atoms. The lowest BCUT2D eigenvalue weighted by Crippen LogP contribution is -2.32. The number of nitrogens with zero attached hydrogens (tertiary/aromatic N) is 1. The van der Waals surface area contributed by atoms with E-state index < -0.39 is 0 Å². The number of hydrogen-bond acceptors (Lipinski definition) is 2. The Hall–Kier alpha value is -0.990. The highest BCUT2D eigenvalue weighted by Crippen LogP contribution is 2.20. The minimum absolute atomic E-state index is 0.211. The lowest BCUT2D eigenvalue weighted by molar-refractivity contribution is 0.123. The summed E-state index contributed by atoms with van der Waals surface area (Å²) in [6.45, 7) is 3.51. The summed E-state index contributed by atoms with van der Waals surface area (Å²) in [5.74, 6) is 0.650. The third-order valence-corrected chi connectivity index (χ3v) is 2.94. The van der Waals surface area contributed by atoms with Gasteiger partial charge in [-0.25, -0.2) is 4.79 Å². The van der Waals surface area contributed by atoms with Crippen LogP contribution in [0.25, 0.3) is 0 Å². The Bertz CT molecular complexity index is 226. The molecule has 0 aromatic carbocycles. The summed E-state index contributed by atoms with van der Waals surface area (Å²) in [6.07, 6.45) is 9.14. The molecular weight excluding hydrogens is 190 g/mol. The molecule has 0 saturated heterocycles. The fraction of sp³-hybridized carbons (Fsp3) is 0.750. The maximum atomic E-state index is 11.3. The average Bonchev–Trinajstić information content (AvgIpc) is 2.31. The zero-order valence-corrected chi connectivity index (χ0v) is 9.74. The van der Waals surface area contributed by atoms with Crippen molar-refractivity contribution in [2.75, 3.05) is 20.2 Å². The number of allylic oxidation sites excluding steroid dienone is 2. The van der Waals surface area contributed by atoms with Gasteiger partial charge in [-0.2, -0.15) is 0 Å². The quantitative estimate of drug-likeness (QED) is 0.669. The monoisotopic (exact) mass is 211 g/mol. The first-order chi connectivity index (χ1) is 7.27. The number of methoxy groups -OCH3 is 1. The van der Waals surface area contributed by atoms with E-state index in [9.17, 15) is 4.79 Å². The van der Waals surface area contributed by atoms with Crippen LogP contribution in [0.4, 0.5) is 4.79 Å². The fourth-order valence-corrected chi connectivity index (χ4v) is 1.95. The molecule has 0 aliphatic heterocycles. The van der Waals surface area contributed by atoms with Gasteiger partial charge in [-0.3, -0.25) is 0 Å². The van der Waals surface area contributed by atoms with Gasteiger partial charge in [0.15, 0.2) is 0 Å². The molecule has 0 N–H and O–H groups in total. The van der Waals surface area contributed by atoms with Crippen molar-refractivity contribution in [1.29, 1.82) is 0 Å². The maximum Gasteiger partial charge on any atom is 0.409 e. The molecule has 0 bridgehead atoms. The van der Waals surface area contributed by atoms with E-state index in [1.54, 1.807) is 4.90 Å². The van der Waals surface area contributed by atoms with Crippen LogP contribution in [0.5, 0.6) is 0 Å². The van der Waals surface area contributed by atoms with E-state index >= 15 is 0 Å². The summed E-state index contributed by atoms with van der Waals surface area (Å²) < 4.78 is 4.71. The molecule has 1 amide bonds. The normalized spacial score (nSPS) is 20.0. The SMILES string of the molecule is CCN(CCC1C=CCCC1)C(=O)OC. The predicted octanol–water partition coefficient (Wildman–Crippen LogP) is 2.82. The first-order valence-corrected chi connectivity index (χ1v) is 5.77. The second-order valence-corrected chi connectivity index (χ2v) is 3.96. The molecule has 3 heteroatoms. The van der Waals surface area contributed by atoms with E-state index in [1.165, 1.54) is 26.4 Å². The fourth-order valence-electron chi connectivity index (χ4n) is 1.95. The molecule has 0 spiro atoms. The largest absolute Gasteiger partial charge is 0.453 e. The van der Waals surface area contributed by atoms with Crippen LogP contribution in [-0.4, -0.2) is 31.2 Å². The highest BCUT2D eigenvalue weighted by molar-refractivity contribution is 5.67. The number of rotatable bonds is 4. The Morgan fingerprint density at radius 3 is 2.93 bits per heavy atom. The first-order valence-electron chi connectivity index (χ1n) is 5.77. The van der Waals surface area contributed by atoms with Crippen molar-refractivity contribution < 1.29 is 9.53 Å². The van der Waals surface area contributed by atoms with Crippen LogP contribution in [0, 0.1) is 5.92 Å². The molecule has 0 radical (unpaired) electrons. The third kappa shape index (κ3) is 3.94. The van der Waals surface area contributed by atoms with Gasteiger partial charge in [-0.05, 0) is 38.5 Å². The molecule has 0 heterocycles. The van der Waals surface area contributed by atoms with Gasteiger partial charge in [0.1, 0.15) is 0 Å². The van der Waals surface area contributed by atoms with E-state index in [0.29, 0.717) is 5.92 Å². The van der Waals surface area contributed by atoms with Gasteiger partial charge in [-0.15, -0.1) is 0 Å². The van der Waals surface area contributed by atoms with E-state index in [-0.39, 0.29) is 6.09 Å². The number of ether oxygens (including phenoxy) is 1. The van der Waals surface area contributed by atoms with Gasteiger partial charge >= 0.3 is 6.09 Å². The molecule has 3 nitrogen and oxygen atoms in total. The maximum absolute atomic E-state index is 11.3. The lowest BCUT2D eigenvalue weighted by Gasteiger charge is -2.22. The summed E-state index contributed by atoms with van der Waals surface area (Å²) in [6, 6.07) is 0. The number of carbonyl (C=O) groups is 1. The van der Waals surface area contributed by atoms with Gasteiger partial charge in [0.2, 0.25) is 0 Å². The smallest absolute Gasteiger partial charge is 0.409 e. The van der Waals surface area contributed by atoms with E-state index in [1.807, 2.05) is 6.92 Å². The second kappa shape index (κ2) is 6.49. The van der Waals surface area contributed by atoms with Gasteiger partial charge < -0.3 is 9.64 Å². The zero-order valence-electron chi connectivity index (χ0n) is 9.74. The third-order valence-electron chi connectivity index (χ3n) is 2.94. The summed E-state index contributed by atoms with van der Waals surface area (Å²) in [7, 11) is 1.44. The van der Waals surface area contributed by atoms with Crippen molar-refractivity contribution in [1.82, 2.24) is 4.90 Å². The number of carbonyl (C=O) groups excluding carboxylic acids is 1. The van der Waals surface area contributed by atoms with Crippen LogP contribution in [0.1, 0.15) is 32.6 Å². The molecule has 0 fully saturated rings. The van der Waals surface area contributed by atoms with E-state index in [0.717, 1.165) is 19.5 Å². The summed E-state index contributed by atoms with van der Waals surface area (Å²) in [5, 5.41) is 0. The Kier molecular flexibility index (Phi) is 5.22. The van der Waals surface area contributed by atoms with Crippen molar-refractivity contribution in [3.8, 4) is 0 Å². The topological polar surface area (TPSA) is 29.5 Å². The molecule has 86 valence electrons. The van der Waals surface area contributed by atoms with Crippen LogP contribution in [-0.2, 0) is 4.74 Å². The van der Waals surface area contributed by atoms with Gasteiger partial charge in [0, 0.05) is 13.1 Å². The van der Waals surface area contributed by atoms with Gasteiger partial charge in [-0.1, -0.05) is 12.2 Å². The molecule has 1 aliphatic rings. The van der Waals surface area contributed by atoms with Crippen LogP contribution in [0.15, 0.2) is 12.2 Å². The van der Waals surface area contributed by atoms with E-state index in [2.05, 4.69) is 12.2 Å². The van der Waals surface area contributed by atoms with Crippen LogP contribution < -0.4 is 0 Å². The van der Waals surface area contributed by atoms with Crippen LogP contribution in [0.2, 0.25) is 0 Å². The van der Waals surface area contributed by atoms with Crippen LogP contribution >= 0.6 is 0 Å². The first kappa shape index (κ1) is 12.1. The highest BCUT2D eigenvalue weighted by Gasteiger charge is 2.14. The second-order valence-electron chi connectivity index (χ2n) is 3.96. The summed E-state index contributed by atoms with van der Waals surface area (Å²) in [5.41, 5.74) is 0. The standard InChI is InChI=1S/C12H21NO2/c1-3-13(12(14)15-2)10-9-11-7-5-4-6-8-11/h5,7,11H,3-4,6,8-10H2,1-2H3. The van der Waals surface area contributed by atoms with E-state index in [4.69, 9.17) is 4.74 Å². The van der Waals surface area contributed by atoms with Crippen molar-refractivity contribution >= 4 is 6.09 Å². The molecule has 0 saturated carbocycles. The average molecular weight is 211 g/mol. The van der Waals surface area contributed by atoms with Crippen molar-refractivity contribution in [2.24, 2.45) is 5.92 Å².